The quantitative estimate of drug-likeness (QED) is 0.118. The van der Waals surface area contributed by atoms with Gasteiger partial charge in [-0.1, -0.05) is 0 Å². The zero-order chi connectivity index (χ0) is 25.7. The number of rotatable bonds is 6. The fourth-order valence-electron chi connectivity index (χ4n) is 3.60. The summed E-state index contributed by atoms with van der Waals surface area (Å²) in [5, 5.41) is 0. The Morgan fingerprint density at radius 2 is 0.806 bits per heavy atom. The third kappa shape index (κ3) is 4.28. The maximum atomic E-state index is 15.0. The van der Waals surface area contributed by atoms with Gasteiger partial charge in [0.05, 0.1) is 9.75 Å². The van der Waals surface area contributed by atoms with Crippen LogP contribution in [0.4, 0.5) is 17.6 Å². The first kappa shape index (κ1) is 24.8. The van der Waals surface area contributed by atoms with Gasteiger partial charge < -0.3 is 0 Å². The smallest absolute Gasteiger partial charge is 0.209 e. The first-order chi connectivity index (χ1) is 17.2. The zero-order valence-corrected chi connectivity index (χ0v) is 21.8. The van der Waals surface area contributed by atoms with E-state index in [9.17, 15) is 27.2 Å². The summed E-state index contributed by atoms with van der Waals surface area (Å²) in [7, 11) is 0. The standard InChI is InChI=1S/C26H14F4O2S4/c1-11-3-5-13(33-11)15-7-9-17(35-15)25(31)19-21(27)23(29)20(24(30)22(19)28)26(32)18-10-8-16(36-18)14-6-4-12(2)34-14/h3-10H,1-2H3. The second kappa shape index (κ2) is 9.51. The number of carbonyl (C=O) groups excluding carboxylic acids is 2. The van der Waals surface area contributed by atoms with Crippen LogP contribution in [-0.4, -0.2) is 11.6 Å². The van der Waals surface area contributed by atoms with Crippen LogP contribution in [0.2, 0.25) is 0 Å². The molecule has 5 rings (SSSR count). The molecule has 4 aromatic heterocycles. The molecule has 0 fully saturated rings. The molecule has 0 amide bonds. The summed E-state index contributed by atoms with van der Waals surface area (Å²) in [5.41, 5.74) is -2.73. The van der Waals surface area contributed by atoms with E-state index in [0.29, 0.717) is 9.75 Å². The molecule has 0 aliphatic rings. The average molecular weight is 563 g/mol. The fraction of sp³-hybridized carbons (Fsp3) is 0.0769. The maximum absolute atomic E-state index is 15.0. The molecule has 182 valence electrons. The summed E-state index contributed by atoms with van der Waals surface area (Å²) in [6.45, 7) is 3.82. The molecule has 1 aromatic carbocycles. The van der Waals surface area contributed by atoms with Gasteiger partial charge in [-0.05, 0) is 62.4 Å². The normalized spacial score (nSPS) is 11.3. The minimum atomic E-state index is -1.89. The van der Waals surface area contributed by atoms with Crippen LogP contribution in [-0.2, 0) is 0 Å². The van der Waals surface area contributed by atoms with Crippen LogP contribution in [0.15, 0.2) is 48.5 Å². The van der Waals surface area contributed by atoms with Crippen LogP contribution in [0.25, 0.3) is 19.5 Å². The third-order valence-electron chi connectivity index (χ3n) is 5.34. The van der Waals surface area contributed by atoms with Crippen LogP contribution < -0.4 is 0 Å². The lowest BCUT2D eigenvalue weighted by molar-refractivity contribution is 0.101. The number of aryl methyl sites for hydroxylation is 2. The van der Waals surface area contributed by atoms with Crippen molar-refractivity contribution >= 4 is 56.9 Å². The van der Waals surface area contributed by atoms with Gasteiger partial charge in [-0.15, -0.1) is 45.3 Å². The molecular weight excluding hydrogens is 549 g/mol. The Morgan fingerprint density at radius 3 is 1.11 bits per heavy atom. The van der Waals surface area contributed by atoms with E-state index in [0.717, 1.165) is 42.2 Å². The molecule has 2 nitrogen and oxygen atoms in total. The van der Waals surface area contributed by atoms with Gasteiger partial charge in [-0.3, -0.25) is 9.59 Å². The van der Waals surface area contributed by atoms with Crippen LogP contribution in [0.5, 0.6) is 0 Å². The fourth-order valence-corrected chi connectivity index (χ4v) is 7.42. The molecule has 0 aliphatic carbocycles. The molecule has 0 unspecified atom stereocenters. The van der Waals surface area contributed by atoms with Crippen LogP contribution in [0.1, 0.15) is 40.2 Å². The number of hydrogen-bond acceptors (Lipinski definition) is 6. The lowest BCUT2D eigenvalue weighted by atomic mass is 10.0. The van der Waals surface area contributed by atoms with Crippen molar-refractivity contribution in [1.29, 1.82) is 0 Å². The first-order valence-corrected chi connectivity index (χ1v) is 13.7. The molecule has 0 bridgehead atoms. The Bertz CT molecular complexity index is 1500. The van der Waals surface area contributed by atoms with E-state index in [1.807, 2.05) is 38.1 Å². The zero-order valence-electron chi connectivity index (χ0n) is 18.6. The first-order valence-electron chi connectivity index (χ1n) is 10.4. The van der Waals surface area contributed by atoms with Crippen molar-refractivity contribution in [3.63, 3.8) is 0 Å². The van der Waals surface area contributed by atoms with Crippen molar-refractivity contribution in [3.8, 4) is 19.5 Å². The van der Waals surface area contributed by atoms with E-state index in [2.05, 4.69) is 0 Å². The summed E-state index contributed by atoms with van der Waals surface area (Å²) < 4.78 is 59.9. The number of ketones is 2. The molecule has 0 N–H and O–H groups in total. The molecule has 0 radical (unpaired) electrons. The largest absolute Gasteiger partial charge is 0.287 e. The summed E-state index contributed by atoms with van der Waals surface area (Å²) >= 11 is 4.86. The SMILES string of the molecule is Cc1ccc(-c2ccc(C(=O)c3c(F)c(F)c(C(=O)c4ccc(-c5ccc(C)s5)s4)c(F)c3F)s2)s1. The van der Waals surface area contributed by atoms with Gasteiger partial charge in [0.15, 0.2) is 23.3 Å². The highest BCUT2D eigenvalue weighted by atomic mass is 32.1. The molecule has 0 spiro atoms. The van der Waals surface area contributed by atoms with Crippen LogP contribution in [0.3, 0.4) is 0 Å². The number of hydrogen-bond donors (Lipinski definition) is 0. The summed E-state index contributed by atoms with van der Waals surface area (Å²) in [5.74, 6) is -9.97. The molecule has 4 heterocycles. The highest BCUT2D eigenvalue weighted by molar-refractivity contribution is 7.23. The van der Waals surface area contributed by atoms with E-state index < -0.39 is 46.0 Å². The molecule has 0 saturated carbocycles. The predicted octanol–water partition coefficient (Wildman–Crippen LogP) is 8.90. The molecule has 36 heavy (non-hydrogen) atoms. The van der Waals surface area contributed by atoms with Gasteiger partial charge in [0.25, 0.3) is 0 Å². The van der Waals surface area contributed by atoms with E-state index >= 15 is 0 Å². The highest BCUT2D eigenvalue weighted by Gasteiger charge is 2.34. The van der Waals surface area contributed by atoms with Gasteiger partial charge >= 0.3 is 0 Å². The van der Waals surface area contributed by atoms with Gasteiger partial charge in [-0.2, -0.15) is 0 Å². The van der Waals surface area contributed by atoms with Crippen molar-refractivity contribution in [1.82, 2.24) is 0 Å². The third-order valence-corrected chi connectivity index (χ3v) is 9.90. The van der Waals surface area contributed by atoms with Crippen LogP contribution >= 0.6 is 45.3 Å². The maximum Gasteiger partial charge on any atom is 0.209 e. The Labute approximate surface area is 219 Å². The number of benzene rings is 1. The second-order valence-electron chi connectivity index (χ2n) is 7.81. The Hall–Kier alpha value is -2.92. The second-order valence-corrected chi connectivity index (χ2v) is 12.6. The van der Waals surface area contributed by atoms with Crippen LogP contribution in [0, 0.1) is 37.1 Å². The van der Waals surface area contributed by atoms with Crippen molar-refractivity contribution in [2.75, 3.05) is 0 Å². The number of halogens is 4. The van der Waals surface area contributed by atoms with Crippen molar-refractivity contribution in [2.45, 2.75) is 13.8 Å². The lowest BCUT2D eigenvalue weighted by Gasteiger charge is -2.10. The average Bonchev–Trinajstić information content (AvgIpc) is 3.64. The molecule has 5 aromatic rings. The van der Waals surface area contributed by atoms with E-state index in [-0.39, 0.29) is 9.75 Å². The Balaban J connectivity index is 1.51. The predicted molar refractivity (Wildman–Crippen MR) is 138 cm³/mol. The minimum Gasteiger partial charge on any atom is -0.287 e. The molecular formula is C26H14F4O2S4. The van der Waals surface area contributed by atoms with Gasteiger partial charge in [0.1, 0.15) is 11.1 Å². The summed E-state index contributed by atoms with van der Waals surface area (Å²) in [6, 6.07) is 13.4. The summed E-state index contributed by atoms with van der Waals surface area (Å²) in [6.07, 6.45) is 0. The number of carbonyl (C=O) groups is 2. The highest BCUT2D eigenvalue weighted by Crippen LogP contribution is 2.37. The minimum absolute atomic E-state index is 0.0825. The van der Waals surface area contributed by atoms with E-state index in [4.69, 9.17) is 0 Å². The van der Waals surface area contributed by atoms with Crippen molar-refractivity contribution < 1.29 is 27.2 Å². The monoisotopic (exact) mass is 562 g/mol. The Kier molecular flexibility index (Phi) is 6.54. The Morgan fingerprint density at radius 1 is 0.500 bits per heavy atom. The molecule has 0 saturated heterocycles. The molecule has 10 heteroatoms. The molecule has 0 aliphatic heterocycles. The van der Waals surface area contributed by atoms with Crippen molar-refractivity contribution in [2.24, 2.45) is 0 Å². The van der Waals surface area contributed by atoms with Gasteiger partial charge in [0, 0.05) is 29.3 Å². The van der Waals surface area contributed by atoms with Gasteiger partial charge in [0.2, 0.25) is 11.6 Å². The lowest BCUT2D eigenvalue weighted by Crippen LogP contribution is -2.16. The topological polar surface area (TPSA) is 34.1 Å². The van der Waals surface area contributed by atoms with E-state index in [1.165, 1.54) is 34.8 Å². The molecule has 0 atom stereocenters. The number of thiophene rings is 4. The van der Waals surface area contributed by atoms with E-state index in [1.54, 1.807) is 12.1 Å². The van der Waals surface area contributed by atoms with Crippen molar-refractivity contribution in [3.05, 3.63) is 102 Å². The summed E-state index contributed by atoms with van der Waals surface area (Å²) in [4.78, 5) is 30.7. The van der Waals surface area contributed by atoms with Gasteiger partial charge in [-0.25, -0.2) is 17.6 Å².